The number of sulfonamides is 1. The van der Waals surface area contributed by atoms with Crippen LogP contribution in [0.2, 0.25) is 0 Å². The lowest BCUT2D eigenvalue weighted by Crippen LogP contribution is -2.50. The highest BCUT2D eigenvalue weighted by molar-refractivity contribution is 7.89. The smallest absolute Gasteiger partial charge is 0.239 e. The van der Waals surface area contributed by atoms with E-state index >= 15 is 0 Å². The number of nitrogens with one attached hydrogen (secondary N) is 1. The predicted octanol–water partition coefficient (Wildman–Crippen LogP) is 1.12. The van der Waals surface area contributed by atoms with E-state index in [0.717, 1.165) is 29.3 Å². The van der Waals surface area contributed by atoms with Gasteiger partial charge < -0.3 is 11.1 Å². The summed E-state index contributed by atoms with van der Waals surface area (Å²) in [4.78, 5) is 15.9. The first-order valence-electron chi connectivity index (χ1n) is 7.66. The van der Waals surface area contributed by atoms with Crippen molar-refractivity contribution in [1.29, 1.82) is 0 Å². The third-order valence-corrected chi connectivity index (χ3v) is 6.35. The zero-order chi connectivity index (χ0) is 18.6. The van der Waals surface area contributed by atoms with Crippen LogP contribution in [0.15, 0.2) is 17.1 Å². The second kappa shape index (κ2) is 5.65. The summed E-state index contributed by atoms with van der Waals surface area (Å²) in [6.45, 7) is 1.29. The summed E-state index contributed by atoms with van der Waals surface area (Å²) in [5.74, 6) is -3.53. The zero-order valence-corrected chi connectivity index (χ0v) is 14.5. The van der Waals surface area contributed by atoms with Crippen molar-refractivity contribution in [3.8, 4) is 0 Å². The minimum atomic E-state index is -3.88. The average molecular weight is 372 g/mol. The Balaban J connectivity index is 2.08. The number of hydrogen-bond acceptors (Lipinski definition) is 5. The standard InChI is InChI=1S/C15H18F2N4O3S/c1-15(7-25(23,24)21(2)14(18)20-15)11-9(16)5-6-10(12(11)17)19-13(22)8-3-4-8/h5-6,8H,3-4,7H2,1-2H3,(H2,18,20)(H,19,22)/t15-/m0/s1. The highest BCUT2D eigenvalue weighted by Gasteiger charge is 2.44. The van der Waals surface area contributed by atoms with Gasteiger partial charge in [-0.2, -0.15) is 0 Å². The van der Waals surface area contributed by atoms with E-state index in [-0.39, 0.29) is 23.5 Å². The number of benzene rings is 1. The number of halogens is 2. The maximum Gasteiger partial charge on any atom is 0.239 e. The van der Waals surface area contributed by atoms with E-state index in [0.29, 0.717) is 0 Å². The van der Waals surface area contributed by atoms with Crippen LogP contribution in [-0.4, -0.2) is 37.4 Å². The van der Waals surface area contributed by atoms with Crippen LogP contribution < -0.4 is 11.1 Å². The normalized spacial score (nSPS) is 25.4. The Morgan fingerprint density at radius 1 is 1.40 bits per heavy atom. The topological polar surface area (TPSA) is 105 Å². The van der Waals surface area contributed by atoms with Crippen LogP contribution in [0, 0.1) is 17.6 Å². The number of aliphatic imine (C=N–C) groups is 1. The number of nitrogens with zero attached hydrogens (tertiary/aromatic N) is 2. The number of nitrogens with two attached hydrogens (primary N) is 1. The molecule has 1 amide bonds. The molecule has 1 fully saturated rings. The Hall–Kier alpha value is -2.23. The summed E-state index contributed by atoms with van der Waals surface area (Å²) in [5.41, 5.74) is 3.12. The van der Waals surface area contributed by atoms with Crippen molar-refractivity contribution in [3.05, 3.63) is 29.3 Å². The summed E-state index contributed by atoms with van der Waals surface area (Å²) in [7, 11) is -2.67. The highest BCUT2D eigenvalue weighted by Crippen LogP contribution is 2.38. The molecule has 3 rings (SSSR count). The average Bonchev–Trinajstić information content (AvgIpc) is 3.32. The van der Waals surface area contributed by atoms with Gasteiger partial charge in [0.25, 0.3) is 0 Å². The van der Waals surface area contributed by atoms with Crippen LogP contribution in [0.1, 0.15) is 25.3 Å². The van der Waals surface area contributed by atoms with Gasteiger partial charge in [-0.25, -0.2) is 26.5 Å². The van der Waals surface area contributed by atoms with Crippen molar-refractivity contribution in [2.24, 2.45) is 16.6 Å². The Bertz CT molecular complexity index is 883. The first kappa shape index (κ1) is 17.6. The second-order valence-corrected chi connectivity index (χ2v) is 8.52. The van der Waals surface area contributed by atoms with Crippen LogP contribution >= 0.6 is 0 Å². The van der Waals surface area contributed by atoms with Crippen LogP contribution in [0.3, 0.4) is 0 Å². The van der Waals surface area contributed by atoms with Crippen molar-refractivity contribution < 1.29 is 22.0 Å². The predicted molar refractivity (Wildman–Crippen MR) is 88.2 cm³/mol. The van der Waals surface area contributed by atoms with Gasteiger partial charge in [0.05, 0.1) is 17.0 Å². The number of anilines is 1. The fraction of sp³-hybridized carbons (Fsp3) is 0.467. The van der Waals surface area contributed by atoms with Gasteiger partial charge in [-0.05, 0) is 31.9 Å². The number of guanidine groups is 1. The van der Waals surface area contributed by atoms with Gasteiger partial charge in [0, 0.05) is 13.0 Å². The lowest BCUT2D eigenvalue weighted by atomic mass is 9.92. The molecule has 0 aromatic heterocycles. The molecule has 0 bridgehead atoms. The molecule has 25 heavy (non-hydrogen) atoms. The number of rotatable bonds is 3. The van der Waals surface area contributed by atoms with E-state index in [4.69, 9.17) is 5.73 Å². The molecule has 10 heteroatoms. The van der Waals surface area contributed by atoms with Gasteiger partial charge in [-0.3, -0.25) is 4.79 Å². The molecule has 1 aromatic rings. The third-order valence-electron chi connectivity index (χ3n) is 4.40. The summed E-state index contributed by atoms with van der Waals surface area (Å²) >= 11 is 0. The molecule has 0 unspecified atom stereocenters. The molecule has 136 valence electrons. The molecule has 2 aliphatic rings. The summed E-state index contributed by atoms with van der Waals surface area (Å²) in [6.07, 6.45) is 1.45. The Morgan fingerprint density at radius 3 is 2.60 bits per heavy atom. The lowest BCUT2D eigenvalue weighted by molar-refractivity contribution is -0.117. The number of carbonyl (C=O) groups excluding carboxylic acids is 1. The fourth-order valence-corrected chi connectivity index (χ4v) is 4.24. The van der Waals surface area contributed by atoms with Crippen LogP contribution in [0.5, 0.6) is 0 Å². The summed E-state index contributed by atoms with van der Waals surface area (Å²) in [6, 6.07) is 2.08. The van der Waals surface area contributed by atoms with Gasteiger partial charge >= 0.3 is 0 Å². The van der Waals surface area contributed by atoms with E-state index in [1.807, 2.05) is 0 Å². The maximum atomic E-state index is 14.9. The van der Waals surface area contributed by atoms with Crippen molar-refractivity contribution >= 4 is 27.6 Å². The van der Waals surface area contributed by atoms with Gasteiger partial charge in [-0.15, -0.1) is 0 Å². The fourth-order valence-electron chi connectivity index (χ4n) is 2.80. The van der Waals surface area contributed by atoms with Crippen molar-refractivity contribution in [3.63, 3.8) is 0 Å². The van der Waals surface area contributed by atoms with Gasteiger partial charge in [0.15, 0.2) is 5.82 Å². The largest absolute Gasteiger partial charge is 0.369 e. The molecule has 1 heterocycles. The molecule has 1 aliphatic heterocycles. The molecule has 0 spiro atoms. The van der Waals surface area contributed by atoms with E-state index < -0.39 is 38.5 Å². The van der Waals surface area contributed by atoms with Crippen LogP contribution in [0.4, 0.5) is 14.5 Å². The molecular formula is C15H18F2N4O3S. The van der Waals surface area contributed by atoms with Crippen molar-refractivity contribution in [1.82, 2.24) is 4.31 Å². The molecule has 0 saturated heterocycles. The van der Waals surface area contributed by atoms with E-state index in [1.54, 1.807) is 0 Å². The molecule has 3 N–H and O–H groups in total. The molecule has 1 aliphatic carbocycles. The first-order valence-corrected chi connectivity index (χ1v) is 9.27. The quantitative estimate of drug-likeness (QED) is 0.829. The number of hydrogen-bond donors (Lipinski definition) is 2. The zero-order valence-electron chi connectivity index (χ0n) is 13.7. The second-order valence-electron chi connectivity index (χ2n) is 6.52. The van der Waals surface area contributed by atoms with E-state index in [9.17, 15) is 22.0 Å². The lowest BCUT2D eigenvalue weighted by Gasteiger charge is -2.35. The van der Waals surface area contributed by atoms with Crippen molar-refractivity contribution in [2.75, 3.05) is 18.1 Å². The van der Waals surface area contributed by atoms with Gasteiger partial charge in [0.2, 0.25) is 21.9 Å². The molecule has 1 aromatic carbocycles. The molecule has 1 atom stereocenters. The summed E-state index contributed by atoms with van der Waals surface area (Å²) in [5, 5.41) is 2.42. The minimum absolute atomic E-state index is 0.166. The highest BCUT2D eigenvalue weighted by atomic mass is 32.2. The molecule has 0 radical (unpaired) electrons. The van der Waals surface area contributed by atoms with Gasteiger partial charge in [-0.1, -0.05) is 0 Å². The Kier molecular flexibility index (Phi) is 3.98. The maximum absolute atomic E-state index is 14.9. The Morgan fingerprint density at radius 2 is 2.04 bits per heavy atom. The van der Waals surface area contributed by atoms with Crippen molar-refractivity contribution in [2.45, 2.75) is 25.3 Å². The van der Waals surface area contributed by atoms with Crippen LogP contribution in [-0.2, 0) is 20.4 Å². The SMILES string of the molecule is CN1C(N)=N[C@](C)(c2c(F)ccc(NC(=O)C3CC3)c2F)CS1(=O)=O. The number of carbonyl (C=O) groups is 1. The first-order chi connectivity index (χ1) is 11.5. The molecule has 7 nitrogen and oxygen atoms in total. The minimum Gasteiger partial charge on any atom is -0.369 e. The third kappa shape index (κ3) is 3.06. The molecular weight excluding hydrogens is 354 g/mol. The molecule has 1 saturated carbocycles. The monoisotopic (exact) mass is 372 g/mol. The summed E-state index contributed by atoms with van der Waals surface area (Å²) < 4.78 is 54.5. The number of amides is 1. The van der Waals surface area contributed by atoms with Gasteiger partial charge in [0.1, 0.15) is 11.4 Å². The van der Waals surface area contributed by atoms with E-state index in [1.165, 1.54) is 14.0 Å². The van der Waals surface area contributed by atoms with Crippen LogP contribution in [0.25, 0.3) is 0 Å². The van der Waals surface area contributed by atoms with E-state index in [2.05, 4.69) is 10.3 Å². The Labute approximate surface area is 144 Å².